The number of rotatable bonds is 2. The molecular weight excluding hydrogens is 163 g/mol. The van der Waals surface area contributed by atoms with Gasteiger partial charge in [0.2, 0.25) is 5.24 Å². The highest BCUT2D eigenvalue weighted by atomic mass is 35.5. The first-order valence-electron chi connectivity index (χ1n) is 2.05. The molecule has 0 saturated carbocycles. The minimum Gasteiger partial charge on any atom is -0.316 e. The molecule has 1 atom stereocenters. The van der Waals surface area contributed by atoms with E-state index in [4.69, 9.17) is 22.7 Å². The average molecular weight is 171 g/mol. The fraction of sp³-hybridized carbons (Fsp3) is 0.500. The summed E-state index contributed by atoms with van der Waals surface area (Å²) >= 11 is 4.92. The molecule has 0 rings (SSSR count). The number of carbonyl (C=O) groups excluding carboxylic acids is 1. The molecule has 0 heterocycles. The fourth-order valence-corrected chi connectivity index (χ4v) is 0.334. The van der Waals surface area contributed by atoms with Crippen molar-refractivity contribution in [3.05, 3.63) is 0 Å². The van der Waals surface area contributed by atoms with Gasteiger partial charge >= 0.3 is 0 Å². The van der Waals surface area contributed by atoms with E-state index in [0.717, 1.165) is 0 Å². The second-order valence-corrected chi connectivity index (χ2v) is 1.84. The first-order chi connectivity index (χ1) is 3.55. The molecule has 1 unspecified atom stereocenters. The third kappa shape index (κ3) is 4.39. The van der Waals surface area contributed by atoms with Crippen molar-refractivity contribution < 1.29 is 4.79 Å². The van der Waals surface area contributed by atoms with E-state index < -0.39 is 11.3 Å². The minimum atomic E-state index is -0.920. The van der Waals surface area contributed by atoms with Crippen molar-refractivity contribution in [2.75, 3.05) is 0 Å². The molecule has 0 fully saturated rings. The van der Waals surface area contributed by atoms with Crippen LogP contribution in [0.25, 0.3) is 0 Å². The highest BCUT2D eigenvalue weighted by Crippen LogP contribution is 1.87. The van der Waals surface area contributed by atoms with Crippen molar-refractivity contribution in [2.45, 2.75) is 13.0 Å². The maximum atomic E-state index is 10.1. The monoisotopic (exact) mass is 170 g/mol. The summed E-state index contributed by atoms with van der Waals surface area (Å²) in [4.78, 5) is 10.1. The van der Waals surface area contributed by atoms with Gasteiger partial charge in [0.1, 0.15) is 6.04 Å². The highest BCUT2D eigenvalue weighted by molar-refractivity contribution is 6.66. The standard InChI is InChI=1S/C4H7ClN2O.ClH/c1-2(6)3(7)4(5)8;/h3,6H,7H2,1H3;1H. The Morgan fingerprint density at radius 2 is 2.11 bits per heavy atom. The summed E-state index contributed by atoms with van der Waals surface area (Å²) in [5.41, 5.74) is 5.14. The number of hydrogen-bond acceptors (Lipinski definition) is 3. The van der Waals surface area contributed by atoms with Crippen LogP contribution in [0, 0.1) is 5.41 Å². The molecular formula is C4H8Cl2N2O. The zero-order chi connectivity index (χ0) is 6.73. The maximum absolute atomic E-state index is 10.1. The van der Waals surface area contributed by atoms with Gasteiger partial charge in [-0.2, -0.15) is 0 Å². The SMILES string of the molecule is CC(=N)C(N)C(=O)Cl.Cl. The Morgan fingerprint density at radius 3 is 2.11 bits per heavy atom. The Kier molecular flexibility index (Phi) is 6.12. The van der Waals surface area contributed by atoms with Gasteiger partial charge in [-0.1, -0.05) is 0 Å². The topological polar surface area (TPSA) is 66.9 Å². The van der Waals surface area contributed by atoms with E-state index >= 15 is 0 Å². The van der Waals surface area contributed by atoms with Gasteiger partial charge in [0.25, 0.3) is 0 Å². The first-order valence-corrected chi connectivity index (χ1v) is 2.43. The highest BCUT2D eigenvalue weighted by Gasteiger charge is 2.10. The summed E-state index contributed by atoms with van der Waals surface area (Å²) in [5, 5.41) is 6.12. The third-order valence-electron chi connectivity index (χ3n) is 0.711. The van der Waals surface area contributed by atoms with E-state index in [9.17, 15) is 4.79 Å². The molecule has 0 spiro atoms. The van der Waals surface area contributed by atoms with Gasteiger partial charge in [0, 0.05) is 5.71 Å². The smallest absolute Gasteiger partial charge is 0.244 e. The predicted octanol–water partition coefficient (Wildman–Crippen LogP) is 0.541. The summed E-state index contributed by atoms with van der Waals surface area (Å²) < 4.78 is 0. The Balaban J connectivity index is 0. The lowest BCUT2D eigenvalue weighted by atomic mass is 10.2. The Morgan fingerprint density at radius 1 is 1.78 bits per heavy atom. The summed E-state index contributed by atoms with van der Waals surface area (Å²) in [5.74, 6) is 0. The second-order valence-electron chi connectivity index (χ2n) is 1.46. The van der Waals surface area contributed by atoms with Crippen molar-refractivity contribution in [3.8, 4) is 0 Å². The number of halogens is 2. The van der Waals surface area contributed by atoms with Crippen LogP contribution in [-0.2, 0) is 4.79 Å². The molecule has 54 valence electrons. The normalized spacial score (nSPS) is 11.4. The van der Waals surface area contributed by atoms with E-state index in [1.165, 1.54) is 6.92 Å². The fourth-order valence-electron chi connectivity index (χ4n) is 0.170. The molecule has 0 aliphatic heterocycles. The van der Waals surface area contributed by atoms with Crippen LogP contribution in [0.1, 0.15) is 6.92 Å². The van der Waals surface area contributed by atoms with E-state index in [-0.39, 0.29) is 18.1 Å². The van der Waals surface area contributed by atoms with E-state index in [1.54, 1.807) is 0 Å². The molecule has 0 bridgehead atoms. The molecule has 0 aliphatic carbocycles. The molecule has 0 aromatic carbocycles. The molecule has 3 nitrogen and oxygen atoms in total. The zero-order valence-electron chi connectivity index (χ0n) is 4.85. The Bertz CT molecular complexity index is 112. The van der Waals surface area contributed by atoms with Crippen LogP contribution in [0.15, 0.2) is 0 Å². The lowest BCUT2D eigenvalue weighted by Crippen LogP contribution is -2.33. The van der Waals surface area contributed by atoms with E-state index in [1.807, 2.05) is 0 Å². The molecule has 0 aromatic heterocycles. The van der Waals surface area contributed by atoms with Crippen LogP contribution in [-0.4, -0.2) is 17.0 Å². The quantitative estimate of drug-likeness (QED) is 0.470. The Hall–Kier alpha value is -0.120. The molecule has 3 N–H and O–H groups in total. The molecule has 0 amide bonds. The summed E-state index contributed by atoms with van der Waals surface area (Å²) in [7, 11) is 0. The van der Waals surface area contributed by atoms with Crippen molar-refractivity contribution in [1.82, 2.24) is 0 Å². The van der Waals surface area contributed by atoms with Crippen molar-refractivity contribution >= 4 is 35.0 Å². The molecule has 0 aromatic rings. The molecule has 0 aliphatic rings. The number of carbonyl (C=O) groups is 1. The van der Waals surface area contributed by atoms with E-state index in [0.29, 0.717) is 0 Å². The van der Waals surface area contributed by atoms with Gasteiger partial charge in [-0.25, -0.2) is 0 Å². The third-order valence-corrected chi connectivity index (χ3v) is 0.946. The van der Waals surface area contributed by atoms with Crippen molar-refractivity contribution in [1.29, 1.82) is 5.41 Å². The first kappa shape index (κ1) is 11.6. The number of nitrogens with one attached hydrogen (secondary N) is 1. The lowest BCUT2D eigenvalue weighted by molar-refractivity contribution is -0.111. The van der Waals surface area contributed by atoms with Crippen molar-refractivity contribution in [2.24, 2.45) is 5.73 Å². The second kappa shape index (κ2) is 4.73. The van der Waals surface area contributed by atoms with Gasteiger partial charge in [-0.3, -0.25) is 4.79 Å². The lowest BCUT2D eigenvalue weighted by Gasteiger charge is -1.99. The Labute approximate surface area is 64.5 Å². The largest absolute Gasteiger partial charge is 0.316 e. The van der Waals surface area contributed by atoms with Gasteiger partial charge in [-0.15, -0.1) is 12.4 Å². The van der Waals surface area contributed by atoms with E-state index in [2.05, 4.69) is 0 Å². The van der Waals surface area contributed by atoms with Crippen molar-refractivity contribution in [3.63, 3.8) is 0 Å². The summed E-state index contributed by atoms with van der Waals surface area (Å²) in [6, 6.07) is -0.920. The minimum absolute atomic E-state index is 0. The number of hydrogen-bond donors (Lipinski definition) is 2. The van der Waals surface area contributed by atoms with Crippen LogP contribution in [0.4, 0.5) is 0 Å². The summed E-state index contributed by atoms with van der Waals surface area (Å²) in [6.45, 7) is 1.44. The van der Waals surface area contributed by atoms with Crippen LogP contribution in [0.3, 0.4) is 0 Å². The maximum Gasteiger partial charge on any atom is 0.244 e. The predicted molar refractivity (Wildman–Crippen MR) is 39.5 cm³/mol. The van der Waals surface area contributed by atoms with Crippen LogP contribution in [0.5, 0.6) is 0 Å². The average Bonchev–Trinajstić information content (AvgIpc) is 1.64. The van der Waals surface area contributed by atoms with Crippen LogP contribution >= 0.6 is 24.0 Å². The van der Waals surface area contributed by atoms with Crippen LogP contribution < -0.4 is 5.73 Å². The molecule has 0 saturated heterocycles. The van der Waals surface area contributed by atoms with Gasteiger partial charge in [0.15, 0.2) is 0 Å². The molecule has 9 heavy (non-hydrogen) atoms. The summed E-state index contributed by atoms with van der Waals surface area (Å²) in [6.07, 6.45) is 0. The zero-order valence-corrected chi connectivity index (χ0v) is 6.42. The van der Waals surface area contributed by atoms with Gasteiger partial charge < -0.3 is 11.1 Å². The molecule has 0 radical (unpaired) electrons. The van der Waals surface area contributed by atoms with Crippen LogP contribution in [0.2, 0.25) is 0 Å². The van der Waals surface area contributed by atoms with Gasteiger partial charge in [0.05, 0.1) is 0 Å². The van der Waals surface area contributed by atoms with Gasteiger partial charge in [-0.05, 0) is 18.5 Å². The molecule has 5 heteroatoms. The number of nitrogens with two attached hydrogens (primary N) is 1.